The number of nitrogens with one attached hydrogen (secondary N) is 1. The van der Waals surface area contributed by atoms with Crippen LogP contribution in [0.15, 0.2) is 0 Å². The molecule has 0 bridgehead atoms. The van der Waals surface area contributed by atoms with Gasteiger partial charge in [0.05, 0.1) is 18.8 Å². The molecule has 0 radical (unpaired) electrons. The molecule has 0 aliphatic carbocycles. The van der Waals surface area contributed by atoms with Crippen LogP contribution in [-0.2, 0) is 19.0 Å². The molecule has 0 aromatic carbocycles. The maximum Gasteiger partial charge on any atom is 0.355 e. The lowest BCUT2D eigenvalue weighted by atomic mass is 10.1. The van der Waals surface area contributed by atoms with E-state index in [2.05, 4.69) is 4.98 Å². The molecule has 0 spiro atoms. The molecule has 1 fully saturated rings. The summed E-state index contributed by atoms with van der Waals surface area (Å²) in [6, 6.07) is 0. The highest BCUT2D eigenvalue weighted by molar-refractivity contribution is 5.99. The van der Waals surface area contributed by atoms with Gasteiger partial charge in [0.2, 0.25) is 6.10 Å². The van der Waals surface area contributed by atoms with Crippen molar-refractivity contribution in [2.45, 2.75) is 33.3 Å². The van der Waals surface area contributed by atoms with Gasteiger partial charge in [-0.05, 0) is 26.3 Å². The molecule has 1 aliphatic rings. The quantitative estimate of drug-likeness (QED) is 0.664. The molecule has 2 heterocycles. The van der Waals surface area contributed by atoms with Crippen LogP contribution in [0.5, 0.6) is 0 Å². The highest BCUT2D eigenvalue weighted by atomic mass is 16.6. The van der Waals surface area contributed by atoms with E-state index in [9.17, 15) is 14.4 Å². The lowest BCUT2D eigenvalue weighted by Gasteiger charge is -2.08. The van der Waals surface area contributed by atoms with Gasteiger partial charge in [-0.1, -0.05) is 0 Å². The van der Waals surface area contributed by atoms with Crippen molar-refractivity contribution in [3.8, 4) is 0 Å². The van der Waals surface area contributed by atoms with Crippen LogP contribution in [0.3, 0.4) is 0 Å². The SMILES string of the molecule is CCOC(=O)c1[nH]c(C)c(C(=O)OC2CCOC2=O)c1C. The van der Waals surface area contributed by atoms with Gasteiger partial charge in [0.1, 0.15) is 5.69 Å². The Kier molecular flexibility index (Phi) is 4.30. The lowest BCUT2D eigenvalue weighted by molar-refractivity contribution is -0.145. The molecule has 114 valence electrons. The van der Waals surface area contributed by atoms with Gasteiger partial charge < -0.3 is 19.2 Å². The number of aryl methyl sites for hydroxylation is 1. The van der Waals surface area contributed by atoms with Gasteiger partial charge in [0, 0.05) is 12.1 Å². The Bertz CT molecular complexity index is 589. The van der Waals surface area contributed by atoms with Crippen LogP contribution in [0, 0.1) is 13.8 Å². The van der Waals surface area contributed by atoms with Crippen molar-refractivity contribution in [3.05, 3.63) is 22.5 Å². The number of cyclic esters (lactones) is 1. The standard InChI is InChI=1S/C14H17NO6/c1-4-19-14(18)11-7(2)10(8(3)15-11)13(17)21-9-5-6-20-12(9)16/h9,15H,4-6H2,1-3H3. The van der Waals surface area contributed by atoms with Gasteiger partial charge in [-0.2, -0.15) is 0 Å². The summed E-state index contributed by atoms with van der Waals surface area (Å²) in [5.41, 5.74) is 1.40. The van der Waals surface area contributed by atoms with Crippen molar-refractivity contribution in [3.63, 3.8) is 0 Å². The first-order valence-electron chi connectivity index (χ1n) is 6.69. The Morgan fingerprint density at radius 2 is 2.05 bits per heavy atom. The van der Waals surface area contributed by atoms with Crippen molar-refractivity contribution >= 4 is 17.9 Å². The van der Waals surface area contributed by atoms with E-state index < -0.39 is 24.0 Å². The number of rotatable bonds is 4. The first-order chi connectivity index (χ1) is 9.95. The summed E-state index contributed by atoms with van der Waals surface area (Å²) in [6.07, 6.45) is -0.532. The monoisotopic (exact) mass is 295 g/mol. The van der Waals surface area contributed by atoms with E-state index in [1.54, 1.807) is 20.8 Å². The maximum atomic E-state index is 12.2. The van der Waals surface area contributed by atoms with Gasteiger partial charge in [-0.25, -0.2) is 14.4 Å². The van der Waals surface area contributed by atoms with E-state index in [0.717, 1.165) is 0 Å². The number of carbonyl (C=O) groups is 3. The van der Waals surface area contributed by atoms with Crippen LogP contribution >= 0.6 is 0 Å². The molecule has 21 heavy (non-hydrogen) atoms. The normalized spacial score (nSPS) is 17.5. The molecule has 1 aromatic heterocycles. The maximum absolute atomic E-state index is 12.2. The van der Waals surface area contributed by atoms with E-state index in [1.807, 2.05) is 0 Å². The van der Waals surface area contributed by atoms with Crippen LogP contribution in [0.1, 0.15) is 45.4 Å². The van der Waals surface area contributed by atoms with Crippen molar-refractivity contribution in [1.29, 1.82) is 0 Å². The van der Waals surface area contributed by atoms with Crippen molar-refractivity contribution in [2.75, 3.05) is 13.2 Å². The molecule has 1 atom stereocenters. The Morgan fingerprint density at radius 3 is 2.62 bits per heavy atom. The summed E-state index contributed by atoms with van der Waals surface area (Å²) in [4.78, 5) is 38.1. The van der Waals surface area contributed by atoms with Gasteiger partial charge in [0.25, 0.3) is 0 Å². The molecule has 1 unspecified atom stereocenters. The van der Waals surface area contributed by atoms with E-state index in [-0.39, 0.29) is 24.5 Å². The number of hydrogen-bond donors (Lipinski definition) is 1. The Labute approximate surface area is 121 Å². The molecule has 0 saturated carbocycles. The molecule has 1 saturated heterocycles. The Balaban J connectivity index is 2.21. The summed E-state index contributed by atoms with van der Waals surface area (Å²) in [5.74, 6) is -1.72. The third kappa shape index (κ3) is 2.91. The third-order valence-electron chi connectivity index (χ3n) is 3.26. The van der Waals surface area contributed by atoms with Crippen LogP contribution in [0.2, 0.25) is 0 Å². The van der Waals surface area contributed by atoms with Crippen molar-refractivity contribution < 1.29 is 28.6 Å². The second kappa shape index (κ2) is 5.99. The molecule has 0 amide bonds. The van der Waals surface area contributed by atoms with Crippen LogP contribution < -0.4 is 0 Å². The van der Waals surface area contributed by atoms with Crippen molar-refractivity contribution in [1.82, 2.24) is 4.98 Å². The molecule has 1 N–H and O–H groups in total. The summed E-state index contributed by atoms with van der Waals surface area (Å²) >= 11 is 0. The average Bonchev–Trinajstić information content (AvgIpc) is 2.94. The smallest absolute Gasteiger partial charge is 0.355 e. The molecule has 2 rings (SSSR count). The van der Waals surface area contributed by atoms with E-state index in [4.69, 9.17) is 14.2 Å². The highest BCUT2D eigenvalue weighted by Gasteiger charge is 2.32. The topological polar surface area (TPSA) is 94.7 Å². The fourth-order valence-electron chi connectivity index (χ4n) is 2.24. The first kappa shape index (κ1) is 15.1. The number of carbonyl (C=O) groups excluding carboxylic acids is 3. The van der Waals surface area contributed by atoms with E-state index in [1.165, 1.54) is 0 Å². The number of aromatic amines is 1. The summed E-state index contributed by atoms with van der Waals surface area (Å²) in [7, 11) is 0. The van der Waals surface area contributed by atoms with Crippen LogP contribution in [-0.4, -0.2) is 42.2 Å². The zero-order valence-electron chi connectivity index (χ0n) is 12.1. The first-order valence-corrected chi connectivity index (χ1v) is 6.69. The van der Waals surface area contributed by atoms with Crippen molar-refractivity contribution in [2.24, 2.45) is 0 Å². The zero-order valence-corrected chi connectivity index (χ0v) is 12.1. The van der Waals surface area contributed by atoms with E-state index >= 15 is 0 Å². The predicted molar refractivity (Wildman–Crippen MR) is 71.0 cm³/mol. The minimum Gasteiger partial charge on any atom is -0.463 e. The average molecular weight is 295 g/mol. The van der Waals surface area contributed by atoms with Crippen LogP contribution in [0.4, 0.5) is 0 Å². The van der Waals surface area contributed by atoms with E-state index in [0.29, 0.717) is 17.7 Å². The highest BCUT2D eigenvalue weighted by Crippen LogP contribution is 2.22. The fourth-order valence-corrected chi connectivity index (χ4v) is 2.24. The predicted octanol–water partition coefficient (Wildman–Crippen LogP) is 1.28. The summed E-state index contributed by atoms with van der Waals surface area (Å²) in [6.45, 7) is 5.46. The second-order valence-corrected chi connectivity index (χ2v) is 4.70. The van der Waals surface area contributed by atoms with Crippen LogP contribution in [0.25, 0.3) is 0 Å². The Morgan fingerprint density at radius 1 is 1.33 bits per heavy atom. The minimum absolute atomic E-state index is 0.218. The third-order valence-corrected chi connectivity index (χ3v) is 3.26. The summed E-state index contributed by atoms with van der Waals surface area (Å²) in [5, 5.41) is 0. The zero-order chi connectivity index (χ0) is 15.6. The molecule has 7 heteroatoms. The molecule has 1 aliphatic heterocycles. The number of ether oxygens (including phenoxy) is 3. The summed E-state index contributed by atoms with van der Waals surface area (Å²) < 4.78 is 14.8. The lowest BCUT2D eigenvalue weighted by Crippen LogP contribution is -2.23. The fraction of sp³-hybridized carbons (Fsp3) is 0.500. The molecular formula is C14H17NO6. The number of H-pyrrole nitrogens is 1. The molecule has 7 nitrogen and oxygen atoms in total. The van der Waals surface area contributed by atoms with Gasteiger partial charge in [0.15, 0.2) is 0 Å². The number of esters is 3. The largest absolute Gasteiger partial charge is 0.463 e. The molecular weight excluding hydrogens is 278 g/mol. The minimum atomic E-state index is -0.878. The van der Waals surface area contributed by atoms with Gasteiger partial charge in [-0.3, -0.25) is 0 Å². The molecule has 1 aromatic rings. The number of aromatic nitrogens is 1. The second-order valence-electron chi connectivity index (χ2n) is 4.70. The Hall–Kier alpha value is -2.31. The van der Waals surface area contributed by atoms with Gasteiger partial charge >= 0.3 is 17.9 Å². The number of hydrogen-bond acceptors (Lipinski definition) is 6. The van der Waals surface area contributed by atoms with Gasteiger partial charge in [-0.15, -0.1) is 0 Å².